The molecule has 4 heteroatoms. The molecule has 0 bridgehead atoms. The topological polar surface area (TPSA) is 46.5 Å². The van der Waals surface area contributed by atoms with E-state index in [4.69, 9.17) is 16.3 Å². The van der Waals surface area contributed by atoms with E-state index in [0.29, 0.717) is 16.3 Å². The summed E-state index contributed by atoms with van der Waals surface area (Å²) in [7, 11) is 0. The highest BCUT2D eigenvalue weighted by molar-refractivity contribution is 6.32. The molecule has 2 rings (SSSR count). The maximum Gasteiger partial charge on any atom is 0.159 e. The van der Waals surface area contributed by atoms with E-state index in [2.05, 4.69) is 0 Å². The van der Waals surface area contributed by atoms with E-state index < -0.39 is 6.10 Å². The third-order valence-electron chi connectivity index (χ3n) is 3.28. The van der Waals surface area contributed by atoms with E-state index in [0.717, 1.165) is 25.7 Å². The van der Waals surface area contributed by atoms with Gasteiger partial charge in [-0.05, 0) is 44.4 Å². The number of rotatable bonds is 3. The van der Waals surface area contributed by atoms with Gasteiger partial charge in [-0.2, -0.15) is 0 Å². The lowest BCUT2D eigenvalue weighted by atomic mass is 9.95. The minimum absolute atomic E-state index is 0.0267. The van der Waals surface area contributed by atoms with Crippen LogP contribution in [0.25, 0.3) is 0 Å². The van der Waals surface area contributed by atoms with Crippen molar-refractivity contribution in [3.8, 4) is 5.75 Å². The Hall–Kier alpha value is -1.06. The zero-order valence-electron chi connectivity index (χ0n) is 10.4. The molecule has 18 heavy (non-hydrogen) atoms. The monoisotopic (exact) mass is 268 g/mol. The van der Waals surface area contributed by atoms with Crippen molar-refractivity contribution >= 4 is 17.4 Å². The third kappa shape index (κ3) is 3.03. The Morgan fingerprint density at radius 3 is 2.72 bits per heavy atom. The lowest BCUT2D eigenvalue weighted by molar-refractivity contribution is 0.00692. The Labute approximate surface area is 112 Å². The van der Waals surface area contributed by atoms with Crippen LogP contribution in [0.1, 0.15) is 43.0 Å². The van der Waals surface area contributed by atoms with Crippen LogP contribution in [0.4, 0.5) is 0 Å². The van der Waals surface area contributed by atoms with E-state index in [1.807, 2.05) is 0 Å². The minimum atomic E-state index is -0.428. The maximum absolute atomic E-state index is 11.2. The molecule has 0 saturated heterocycles. The zero-order chi connectivity index (χ0) is 13.1. The fourth-order valence-electron chi connectivity index (χ4n) is 2.19. The van der Waals surface area contributed by atoms with Gasteiger partial charge < -0.3 is 9.84 Å². The van der Waals surface area contributed by atoms with E-state index in [1.54, 1.807) is 18.2 Å². The van der Waals surface area contributed by atoms with Crippen LogP contribution in [-0.2, 0) is 0 Å². The van der Waals surface area contributed by atoms with Gasteiger partial charge in [0.2, 0.25) is 0 Å². The van der Waals surface area contributed by atoms with Crippen LogP contribution in [0.2, 0.25) is 5.02 Å². The highest BCUT2D eigenvalue weighted by Gasteiger charge is 2.25. The second kappa shape index (κ2) is 5.72. The average Bonchev–Trinajstić information content (AvgIpc) is 2.34. The van der Waals surface area contributed by atoms with E-state index in [9.17, 15) is 9.90 Å². The summed E-state index contributed by atoms with van der Waals surface area (Å²) in [6, 6.07) is 4.99. The van der Waals surface area contributed by atoms with Gasteiger partial charge in [0.15, 0.2) is 5.78 Å². The standard InChI is InChI=1S/C14H17ClO3/c1-9(16)10-6-7-13(11(15)8-10)18-14-5-3-2-4-12(14)17/h6-8,12,14,17H,2-5H2,1H3/t12-,14-/m1/s1. The van der Waals surface area contributed by atoms with Crippen LogP contribution in [0.5, 0.6) is 5.75 Å². The van der Waals surface area contributed by atoms with Crippen LogP contribution in [0.3, 0.4) is 0 Å². The molecular formula is C14H17ClO3. The molecule has 0 heterocycles. The van der Waals surface area contributed by atoms with Gasteiger partial charge in [-0.25, -0.2) is 0 Å². The van der Waals surface area contributed by atoms with Crippen LogP contribution in [0.15, 0.2) is 18.2 Å². The number of hydrogen-bond donors (Lipinski definition) is 1. The predicted molar refractivity (Wildman–Crippen MR) is 70.3 cm³/mol. The molecule has 0 spiro atoms. The molecule has 0 unspecified atom stereocenters. The second-order valence-corrected chi connectivity index (χ2v) is 5.12. The van der Waals surface area contributed by atoms with Gasteiger partial charge in [0.1, 0.15) is 11.9 Å². The summed E-state index contributed by atoms with van der Waals surface area (Å²) in [4.78, 5) is 11.2. The first-order chi connectivity index (χ1) is 8.58. The van der Waals surface area contributed by atoms with Gasteiger partial charge in [-0.3, -0.25) is 4.79 Å². The molecule has 0 amide bonds. The number of carbonyl (C=O) groups is 1. The molecule has 1 N–H and O–H groups in total. The van der Waals surface area contributed by atoms with Crippen LogP contribution >= 0.6 is 11.6 Å². The molecule has 1 fully saturated rings. The largest absolute Gasteiger partial charge is 0.486 e. The molecule has 1 aromatic rings. The van der Waals surface area contributed by atoms with Crippen molar-refractivity contribution in [2.75, 3.05) is 0 Å². The van der Waals surface area contributed by atoms with Gasteiger partial charge in [0.05, 0.1) is 11.1 Å². The molecule has 3 nitrogen and oxygen atoms in total. The van der Waals surface area contributed by atoms with Crippen molar-refractivity contribution < 1.29 is 14.6 Å². The number of ketones is 1. The molecule has 1 aliphatic rings. The molecule has 0 radical (unpaired) electrons. The summed E-state index contributed by atoms with van der Waals surface area (Å²) < 4.78 is 5.74. The lowest BCUT2D eigenvalue weighted by Crippen LogP contribution is -2.34. The average molecular weight is 269 g/mol. The number of aliphatic hydroxyl groups is 1. The highest BCUT2D eigenvalue weighted by atomic mass is 35.5. The van der Waals surface area contributed by atoms with Crippen LogP contribution in [0, 0.1) is 0 Å². The summed E-state index contributed by atoms with van der Waals surface area (Å²) >= 11 is 6.08. The van der Waals surface area contributed by atoms with E-state index in [1.165, 1.54) is 6.92 Å². The lowest BCUT2D eigenvalue weighted by Gasteiger charge is -2.28. The maximum atomic E-state index is 11.2. The Morgan fingerprint density at radius 1 is 1.39 bits per heavy atom. The smallest absolute Gasteiger partial charge is 0.159 e. The first kappa shape index (κ1) is 13.4. The third-order valence-corrected chi connectivity index (χ3v) is 3.58. The number of aliphatic hydroxyl groups excluding tert-OH is 1. The van der Waals surface area contributed by atoms with Crippen molar-refractivity contribution in [2.24, 2.45) is 0 Å². The Morgan fingerprint density at radius 2 is 2.11 bits per heavy atom. The van der Waals surface area contributed by atoms with Crippen molar-refractivity contribution in [3.05, 3.63) is 28.8 Å². The Bertz CT molecular complexity index is 445. The number of Topliss-reactive ketones (excluding diaryl/α,β-unsaturated/α-hetero) is 1. The quantitative estimate of drug-likeness (QED) is 0.856. The molecule has 1 aliphatic carbocycles. The summed E-state index contributed by atoms with van der Waals surface area (Å²) in [5.74, 6) is 0.508. The molecule has 1 aromatic carbocycles. The van der Waals surface area contributed by atoms with Crippen molar-refractivity contribution in [1.29, 1.82) is 0 Å². The Balaban J connectivity index is 2.11. The van der Waals surface area contributed by atoms with Gasteiger partial charge >= 0.3 is 0 Å². The first-order valence-corrected chi connectivity index (χ1v) is 6.61. The van der Waals surface area contributed by atoms with E-state index in [-0.39, 0.29) is 11.9 Å². The fraction of sp³-hybridized carbons (Fsp3) is 0.500. The molecule has 0 aromatic heterocycles. The summed E-state index contributed by atoms with van der Waals surface area (Å²) in [6.45, 7) is 1.50. The van der Waals surface area contributed by atoms with Crippen molar-refractivity contribution in [2.45, 2.75) is 44.8 Å². The number of halogens is 1. The molecule has 98 valence electrons. The number of hydrogen-bond acceptors (Lipinski definition) is 3. The van der Waals surface area contributed by atoms with Gasteiger partial charge in [-0.15, -0.1) is 0 Å². The summed E-state index contributed by atoms with van der Waals surface area (Å²) in [5, 5.41) is 10.3. The number of ether oxygens (including phenoxy) is 1. The highest BCUT2D eigenvalue weighted by Crippen LogP contribution is 2.30. The molecular weight excluding hydrogens is 252 g/mol. The van der Waals surface area contributed by atoms with E-state index >= 15 is 0 Å². The normalized spacial score (nSPS) is 23.7. The zero-order valence-corrected chi connectivity index (χ0v) is 11.1. The fourth-order valence-corrected chi connectivity index (χ4v) is 2.42. The SMILES string of the molecule is CC(=O)c1ccc(O[C@@H]2CCCC[C@H]2O)c(Cl)c1. The molecule has 0 aliphatic heterocycles. The van der Waals surface area contributed by atoms with Gasteiger partial charge in [-0.1, -0.05) is 18.0 Å². The summed E-state index contributed by atoms with van der Waals surface area (Å²) in [6.07, 6.45) is 3.09. The van der Waals surface area contributed by atoms with Crippen molar-refractivity contribution in [1.82, 2.24) is 0 Å². The number of benzene rings is 1. The Kier molecular flexibility index (Phi) is 4.25. The van der Waals surface area contributed by atoms with Crippen LogP contribution < -0.4 is 4.74 Å². The minimum Gasteiger partial charge on any atom is -0.486 e. The molecule has 2 atom stereocenters. The summed E-state index contributed by atoms with van der Waals surface area (Å²) in [5.41, 5.74) is 0.566. The molecule has 1 saturated carbocycles. The van der Waals surface area contributed by atoms with Gasteiger partial charge in [0, 0.05) is 5.56 Å². The number of carbonyl (C=O) groups excluding carboxylic acids is 1. The second-order valence-electron chi connectivity index (χ2n) is 4.71. The predicted octanol–water partition coefficient (Wildman–Crippen LogP) is 3.22. The van der Waals surface area contributed by atoms with Gasteiger partial charge in [0.25, 0.3) is 0 Å². The van der Waals surface area contributed by atoms with Crippen molar-refractivity contribution in [3.63, 3.8) is 0 Å². The first-order valence-electron chi connectivity index (χ1n) is 6.23. The van der Waals surface area contributed by atoms with Crippen LogP contribution in [-0.4, -0.2) is 23.1 Å².